The van der Waals surface area contributed by atoms with Crippen LogP contribution in [0.25, 0.3) is 0 Å². The maximum absolute atomic E-state index is 14.4. The third kappa shape index (κ3) is 4.94. The molecule has 9 heteroatoms. The van der Waals surface area contributed by atoms with Crippen LogP contribution in [0.3, 0.4) is 0 Å². The van der Waals surface area contributed by atoms with Gasteiger partial charge in [0.2, 0.25) is 0 Å². The number of anilines is 1. The molecule has 206 valence electrons. The number of aliphatic hydroxyl groups excluding tert-OH is 1. The molecule has 4 atom stereocenters. The molecule has 2 aliphatic rings. The summed E-state index contributed by atoms with van der Waals surface area (Å²) in [5.41, 5.74) is 0.707. The minimum atomic E-state index is -2.20. The minimum absolute atomic E-state index is 0.00612. The second-order valence-corrected chi connectivity index (χ2v) is 16.4. The van der Waals surface area contributed by atoms with Gasteiger partial charge in [0.25, 0.3) is 5.91 Å². The third-order valence-corrected chi connectivity index (χ3v) is 13.3. The number of rotatable bonds is 10. The number of methoxy groups -OCH3 is 2. The van der Waals surface area contributed by atoms with E-state index in [0.29, 0.717) is 32.2 Å². The van der Waals surface area contributed by atoms with Crippen LogP contribution in [0.5, 0.6) is 5.75 Å². The summed E-state index contributed by atoms with van der Waals surface area (Å²) in [5, 5.41) is 11.3. The van der Waals surface area contributed by atoms with Crippen LogP contribution in [0.1, 0.15) is 38.2 Å². The number of hydrogen-bond acceptors (Lipinski definition) is 6. The van der Waals surface area contributed by atoms with Gasteiger partial charge in [-0.05, 0) is 55.1 Å². The van der Waals surface area contributed by atoms with Gasteiger partial charge in [-0.3, -0.25) is 9.59 Å². The molecule has 0 bridgehead atoms. The van der Waals surface area contributed by atoms with Gasteiger partial charge < -0.3 is 24.2 Å². The molecule has 4 rings (SSSR count). The summed E-state index contributed by atoms with van der Waals surface area (Å²) in [4.78, 5) is 27.8. The zero-order chi connectivity index (χ0) is 27.7. The second kappa shape index (κ2) is 11.5. The molecular formula is C29H38BrNO6Si. The molecule has 0 unspecified atom stereocenters. The van der Waals surface area contributed by atoms with Crippen molar-refractivity contribution in [2.75, 3.05) is 32.3 Å². The van der Waals surface area contributed by atoms with E-state index >= 15 is 0 Å². The Labute approximate surface area is 234 Å². The minimum Gasteiger partial charge on any atom is -0.497 e. The lowest BCUT2D eigenvalue weighted by molar-refractivity contribution is -0.146. The van der Waals surface area contributed by atoms with Crippen LogP contribution in [0, 0.1) is 5.92 Å². The monoisotopic (exact) mass is 603 g/mol. The summed E-state index contributed by atoms with van der Waals surface area (Å²) in [6.07, 6.45) is 1.86. The molecule has 1 N–H and O–H groups in total. The number of ether oxygens (including phenoxy) is 3. The molecular weight excluding hydrogens is 566 g/mol. The van der Waals surface area contributed by atoms with Gasteiger partial charge in [-0.1, -0.05) is 53.3 Å². The molecule has 0 radical (unpaired) electrons. The molecule has 0 aromatic heterocycles. The fourth-order valence-corrected chi connectivity index (χ4v) is 11.0. The first-order valence-electron chi connectivity index (χ1n) is 13.2. The van der Waals surface area contributed by atoms with E-state index in [-0.39, 0.29) is 36.0 Å². The van der Waals surface area contributed by atoms with Gasteiger partial charge in [-0.2, -0.15) is 0 Å². The summed E-state index contributed by atoms with van der Waals surface area (Å²) in [5.74, 6) is 0.404. The number of carbonyl (C=O) groups is 2. The van der Waals surface area contributed by atoms with Crippen LogP contribution in [0.4, 0.5) is 5.69 Å². The Morgan fingerprint density at radius 2 is 1.87 bits per heavy atom. The lowest BCUT2D eigenvalue weighted by atomic mass is 9.82. The Morgan fingerprint density at radius 1 is 1.16 bits per heavy atom. The van der Waals surface area contributed by atoms with E-state index < -0.39 is 13.7 Å². The van der Waals surface area contributed by atoms with Gasteiger partial charge in [-0.25, -0.2) is 0 Å². The maximum Gasteiger partial charge on any atom is 0.305 e. The highest BCUT2D eigenvalue weighted by Gasteiger charge is 2.66. The Balaban J connectivity index is 1.72. The first-order chi connectivity index (χ1) is 18.1. The molecule has 2 aromatic carbocycles. The normalized spacial score (nSPS) is 24.7. The van der Waals surface area contributed by atoms with Crippen LogP contribution >= 0.6 is 15.9 Å². The van der Waals surface area contributed by atoms with E-state index in [1.54, 1.807) is 7.11 Å². The van der Waals surface area contributed by atoms with Crippen molar-refractivity contribution in [2.24, 2.45) is 5.92 Å². The Kier molecular flexibility index (Phi) is 8.71. The van der Waals surface area contributed by atoms with Crippen molar-refractivity contribution in [1.29, 1.82) is 0 Å². The van der Waals surface area contributed by atoms with Crippen molar-refractivity contribution in [3.8, 4) is 5.75 Å². The number of aliphatic hydroxyl groups is 1. The highest BCUT2D eigenvalue weighted by Crippen LogP contribution is 2.60. The lowest BCUT2D eigenvalue weighted by Gasteiger charge is -2.37. The number of esters is 1. The SMILES string of the molecule is COC(=O)CCCCN1C(=O)[C@]2(O[C@H](CCO)[C@@H]([Si](C)(C)c3ccc(OC)cc3)[C@@H]2C)c2cc(Br)ccc21. The molecule has 1 amide bonds. The highest BCUT2D eigenvalue weighted by molar-refractivity contribution is 9.10. The van der Waals surface area contributed by atoms with Crippen LogP contribution in [-0.2, 0) is 24.7 Å². The first kappa shape index (κ1) is 28.8. The molecule has 1 saturated heterocycles. The predicted octanol–water partition coefficient (Wildman–Crippen LogP) is 4.75. The molecule has 2 heterocycles. The van der Waals surface area contributed by atoms with E-state index in [9.17, 15) is 14.7 Å². The van der Waals surface area contributed by atoms with Gasteiger partial charge in [0.15, 0.2) is 5.60 Å². The molecule has 2 aromatic rings. The van der Waals surface area contributed by atoms with Crippen LogP contribution < -0.4 is 14.8 Å². The predicted molar refractivity (Wildman–Crippen MR) is 154 cm³/mol. The highest BCUT2D eigenvalue weighted by atomic mass is 79.9. The maximum atomic E-state index is 14.4. The van der Waals surface area contributed by atoms with Gasteiger partial charge in [0, 0.05) is 35.5 Å². The lowest BCUT2D eigenvalue weighted by Crippen LogP contribution is -2.52. The summed E-state index contributed by atoms with van der Waals surface area (Å²) in [6.45, 7) is 7.29. The number of benzene rings is 2. The average Bonchev–Trinajstić information content (AvgIpc) is 3.33. The number of unbranched alkanes of at least 4 members (excludes halogenated alkanes) is 1. The largest absolute Gasteiger partial charge is 0.497 e. The van der Waals surface area contributed by atoms with Crippen molar-refractivity contribution >= 4 is 46.8 Å². The topological polar surface area (TPSA) is 85.3 Å². The van der Waals surface area contributed by atoms with Gasteiger partial charge in [-0.15, -0.1) is 0 Å². The molecule has 2 aliphatic heterocycles. The average molecular weight is 605 g/mol. The van der Waals surface area contributed by atoms with E-state index in [2.05, 4.69) is 48.1 Å². The number of amides is 1. The molecule has 7 nitrogen and oxygen atoms in total. The first-order valence-corrected chi connectivity index (χ1v) is 17.1. The molecule has 1 spiro atoms. The number of halogens is 1. The van der Waals surface area contributed by atoms with Gasteiger partial charge in [0.05, 0.1) is 34.1 Å². The third-order valence-electron chi connectivity index (χ3n) is 8.45. The Morgan fingerprint density at radius 3 is 2.50 bits per heavy atom. The number of carbonyl (C=O) groups excluding carboxylic acids is 2. The van der Waals surface area contributed by atoms with Crippen molar-refractivity contribution in [3.05, 3.63) is 52.5 Å². The zero-order valence-electron chi connectivity index (χ0n) is 22.8. The summed E-state index contributed by atoms with van der Waals surface area (Å²) in [6, 6.07) is 14.2. The summed E-state index contributed by atoms with van der Waals surface area (Å²) >= 11 is 3.61. The molecule has 1 fully saturated rings. The standard InChI is InChI=1S/C29H38BrNO6Si/c1-19-27(38(4,5)22-12-10-21(35-2)11-13-22)25(15-17-32)37-29(19)23-18-20(30)9-14-24(23)31(28(29)34)16-7-6-8-26(33)36-3/h9-14,18-19,25,27,32H,6-8,15-17H2,1-5H3/t19-,25+,27-,29+/m0/s1. The summed E-state index contributed by atoms with van der Waals surface area (Å²) < 4.78 is 17.9. The van der Waals surface area contributed by atoms with Crippen molar-refractivity contribution in [2.45, 2.75) is 62.9 Å². The number of nitrogens with zero attached hydrogens (tertiary/aromatic N) is 1. The number of fused-ring (bicyclic) bond motifs is 2. The fourth-order valence-electron chi connectivity index (χ4n) is 6.55. The van der Waals surface area contributed by atoms with E-state index in [1.807, 2.05) is 35.2 Å². The fraction of sp³-hybridized carbons (Fsp3) is 0.517. The zero-order valence-corrected chi connectivity index (χ0v) is 25.4. The Hall–Kier alpha value is -2.20. The van der Waals surface area contributed by atoms with Crippen molar-refractivity contribution in [1.82, 2.24) is 0 Å². The molecule has 38 heavy (non-hydrogen) atoms. The van der Waals surface area contributed by atoms with E-state index in [4.69, 9.17) is 14.2 Å². The smallest absolute Gasteiger partial charge is 0.305 e. The molecule has 0 aliphatic carbocycles. The van der Waals surface area contributed by atoms with Crippen molar-refractivity contribution in [3.63, 3.8) is 0 Å². The molecule has 0 saturated carbocycles. The number of hydrogen-bond donors (Lipinski definition) is 1. The Bertz CT molecular complexity index is 1170. The van der Waals surface area contributed by atoms with Crippen molar-refractivity contribution < 1.29 is 28.9 Å². The van der Waals surface area contributed by atoms with E-state index in [0.717, 1.165) is 21.5 Å². The van der Waals surface area contributed by atoms with E-state index in [1.165, 1.54) is 12.3 Å². The van der Waals surface area contributed by atoms with Gasteiger partial charge in [0.1, 0.15) is 5.75 Å². The summed E-state index contributed by atoms with van der Waals surface area (Å²) in [7, 11) is 0.850. The van der Waals surface area contributed by atoms with Crippen LogP contribution in [0.2, 0.25) is 18.6 Å². The van der Waals surface area contributed by atoms with Gasteiger partial charge >= 0.3 is 5.97 Å². The second-order valence-electron chi connectivity index (χ2n) is 10.8. The van der Waals surface area contributed by atoms with Crippen LogP contribution in [-0.4, -0.2) is 58.5 Å². The quantitative estimate of drug-likeness (QED) is 0.240. The van der Waals surface area contributed by atoms with Crippen LogP contribution in [0.15, 0.2) is 46.9 Å².